The number of anilines is 3. The van der Waals surface area contributed by atoms with Crippen LogP contribution in [0.1, 0.15) is 5.56 Å². The van der Waals surface area contributed by atoms with Gasteiger partial charge in [-0.25, -0.2) is 4.98 Å². The lowest BCUT2D eigenvalue weighted by Gasteiger charge is -2.04. The third-order valence-electron chi connectivity index (χ3n) is 3.38. The molecule has 1 amide bonds. The number of benzene rings is 2. The molecule has 1 aliphatic heterocycles. The van der Waals surface area contributed by atoms with E-state index in [4.69, 9.17) is 0 Å². The van der Waals surface area contributed by atoms with E-state index in [1.807, 2.05) is 42.5 Å². The number of para-hydroxylation sites is 2. The van der Waals surface area contributed by atoms with Crippen LogP contribution >= 0.6 is 0 Å². The van der Waals surface area contributed by atoms with Crippen LogP contribution < -0.4 is 10.6 Å². The summed E-state index contributed by atoms with van der Waals surface area (Å²) in [6, 6.07) is 13.7. The number of H-pyrrole nitrogens is 1. The average Bonchev–Trinajstić information content (AvgIpc) is 2.99. The number of hydrogen-bond donors (Lipinski definition) is 3. The van der Waals surface area contributed by atoms with Gasteiger partial charge in [-0.15, -0.1) is 0 Å². The van der Waals surface area contributed by atoms with Crippen LogP contribution in [0.15, 0.2) is 42.5 Å². The van der Waals surface area contributed by atoms with Crippen molar-refractivity contribution in [3.63, 3.8) is 0 Å². The molecule has 4 rings (SSSR count). The van der Waals surface area contributed by atoms with E-state index in [1.165, 1.54) is 0 Å². The minimum absolute atomic E-state index is 0.0425. The number of aromatic nitrogens is 2. The topological polar surface area (TPSA) is 69.8 Å². The summed E-state index contributed by atoms with van der Waals surface area (Å²) in [5, 5.41) is 6.05. The molecule has 0 unspecified atom stereocenters. The van der Waals surface area contributed by atoms with Crippen molar-refractivity contribution >= 4 is 34.3 Å². The second kappa shape index (κ2) is 4.09. The number of hydrogen-bond acceptors (Lipinski definition) is 3. The number of amides is 1. The quantitative estimate of drug-likeness (QED) is 0.666. The van der Waals surface area contributed by atoms with E-state index < -0.39 is 0 Å². The van der Waals surface area contributed by atoms with Crippen LogP contribution in [0.2, 0.25) is 0 Å². The molecule has 2 aromatic carbocycles. The van der Waals surface area contributed by atoms with E-state index in [2.05, 4.69) is 20.6 Å². The highest BCUT2D eigenvalue weighted by Crippen LogP contribution is 2.27. The zero-order chi connectivity index (χ0) is 13.5. The molecule has 1 aliphatic rings. The number of nitrogens with zero attached hydrogens (tertiary/aromatic N) is 1. The maximum Gasteiger partial charge on any atom is 0.228 e. The van der Waals surface area contributed by atoms with E-state index in [9.17, 15) is 4.79 Å². The van der Waals surface area contributed by atoms with Crippen LogP contribution in [0.25, 0.3) is 11.0 Å². The Bertz CT molecular complexity index is 789. The van der Waals surface area contributed by atoms with Gasteiger partial charge < -0.3 is 15.6 Å². The van der Waals surface area contributed by atoms with Gasteiger partial charge in [0.2, 0.25) is 11.9 Å². The molecule has 0 radical (unpaired) electrons. The summed E-state index contributed by atoms with van der Waals surface area (Å²) < 4.78 is 0. The van der Waals surface area contributed by atoms with E-state index >= 15 is 0 Å². The second-order valence-corrected chi connectivity index (χ2v) is 4.82. The van der Waals surface area contributed by atoms with Crippen molar-refractivity contribution in [2.45, 2.75) is 6.42 Å². The molecule has 5 heteroatoms. The molecule has 0 atom stereocenters. The SMILES string of the molecule is O=C1Cc2cc(Nc3nc4ccccc4[nH]3)ccc2N1. The van der Waals surface area contributed by atoms with Crippen molar-refractivity contribution in [3.8, 4) is 0 Å². The predicted molar refractivity (Wildman–Crippen MR) is 78.2 cm³/mol. The molecule has 98 valence electrons. The monoisotopic (exact) mass is 264 g/mol. The van der Waals surface area contributed by atoms with Gasteiger partial charge >= 0.3 is 0 Å². The van der Waals surface area contributed by atoms with Gasteiger partial charge in [-0.1, -0.05) is 12.1 Å². The highest BCUT2D eigenvalue weighted by Gasteiger charge is 2.17. The minimum Gasteiger partial charge on any atom is -0.326 e. The van der Waals surface area contributed by atoms with Gasteiger partial charge in [0.25, 0.3) is 0 Å². The van der Waals surface area contributed by atoms with Crippen LogP contribution in [-0.4, -0.2) is 15.9 Å². The van der Waals surface area contributed by atoms with Crippen molar-refractivity contribution in [1.82, 2.24) is 9.97 Å². The van der Waals surface area contributed by atoms with Gasteiger partial charge in [0.15, 0.2) is 0 Å². The fraction of sp³-hybridized carbons (Fsp3) is 0.0667. The lowest BCUT2D eigenvalue weighted by atomic mass is 10.1. The smallest absolute Gasteiger partial charge is 0.228 e. The Morgan fingerprint density at radius 2 is 2.05 bits per heavy atom. The molecule has 1 aromatic heterocycles. The van der Waals surface area contributed by atoms with Crippen molar-refractivity contribution < 1.29 is 4.79 Å². The number of rotatable bonds is 2. The molecule has 2 heterocycles. The summed E-state index contributed by atoms with van der Waals surface area (Å²) in [7, 11) is 0. The Hall–Kier alpha value is -2.82. The molecule has 3 N–H and O–H groups in total. The number of aromatic amines is 1. The molecule has 0 bridgehead atoms. The first-order valence-corrected chi connectivity index (χ1v) is 6.42. The predicted octanol–water partition coefficient (Wildman–Crippen LogP) is 2.80. The molecule has 0 spiro atoms. The molecule has 0 aliphatic carbocycles. The molecule has 20 heavy (non-hydrogen) atoms. The summed E-state index contributed by atoms with van der Waals surface area (Å²) in [5.74, 6) is 0.740. The first-order chi connectivity index (χ1) is 9.78. The van der Waals surface area contributed by atoms with Crippen LogP contribution in [0.5, 0.6) is 0 Å². The number of nitrogens with one attached hydrogen (secondary N) is 3. The van der Waals surface area contributed by atoms with E-state index in [0.29, 0.717) is 12.4 Å². The molecule has 0 saturated heterocycles. The Morgan fingerprint density at radius 3 is 2.95 bits per heavy atom. The molecular weight excluding hydrogens is 252 g/mol. The molecule has 3 aromatic rings. The largest absolute Gasteiger partial charge is 0.326 e. The third kappa shape index (κ3) is 1.80. The van der Waals surface area contributed by atoms with Gasteiger partial charge in [0, 0.05) is 11.4 Å². The van der Waals surface area contributed by atoms with E-state index in [-0.39, 0.29) is 5.91 Å². The zero-order valence-electron chi connectivity index (χ0n) is 10.6. The second-order valence-electron chi connectivity index (χ2n) is 4.82. The standard InChI is InChI=1S/C15H12N4O/c20-14-8-9-7-10(5-6-11(9)17-14)16-15-18-12-3-1-2-4-13(12)19-15/h1-7H,8H2,(H,17,20)(H2,16,18,19). The van der Waals surface area contributed by atoms with Crippen LogP contribution in [0, 0.1) is 0 Å². The van der Waals surface area contributed by atoms with Crippen molar-refractivity contribution in [1.29, 1.82) is 0 Å². The van der Waals surface area contributed by atoms with Crippen LogP contribution in [-0.2, 0) is 11.2 Å². The highest BCUT2D eigenvalue weighted by atomic mass is 16.1. The fourth-order valence-electron chi connectivity index (χ4n) is 2.46. The molecule has 5 nitrogen and oxygen atoms in total. The Kier molecular flexibility index (Phi) is 2.26. The molecule has 0 saturated carbocycles. The fourth-order valence-corrected chi connectivity index (χ4v) is 2.46. The van der Waals surface area contributed by atoms with Crippen LogP contribution in [0.4, 0.5) is 17.3 Å². The summed E-state index contributed by atoms with van der Waals surface area (Å²) in [6.45, 7) is 0. The summed E-state index contributed by atoms with van der Waals surface area (Å²) >= 11 is 0. The Labute approximate surface area is 115 Å². The maximum absolute atomic E-state index is 11.3. The third-order valence-corrected chi connectivity index (χ3v) is 3.38. The molecule has 0 fully saturated rings. The van der Waals surface area contributed by atoms with Gasteiger partial charge in [0.05, 0.1) is 17.5 Å². The zero-order valence-corrected chi connectivity index (χ0v) is 10.6. The lowest BCUT2D eigenvalue weighted by molar-refractivity contribution is -0.115. The van der Waals surface area contributed by atoms with Gasteiger partial charge in [-0.2, -0.15) is 0 Å². The maximum atomic E-state index is 11.3. The summed E-state index contributed by atoms with van der Waals surface area (Å²) in [4.78, 5) is 19.0. The van der Waals surface area contributed by atoms with Crippen molar-refractivity contribution in [2.75, 3.05) is 10.6 Å². The van der Waals surface area contributed by atoms with Crippen molar-refractivity contribution in [2.24, 2.45) is 0 Å². The lowest BCUT2D eigenvalue weighted by Crippen LogP contribution is -2.03. The minimum atomic E-state index is 0.0425. The van der Waals surface area contributed by atoms with E-state index in [1.54, 1.807) is 0 Å². The first kappa shape index (κ1) is 11.0. The summed E-state index contributed by atoms with van der Waals surface area (Å²) in [5.41, 5.74) is 4.74. The van der Waals surface area contributed by atoms with Gasteiger partial charge in [0.1, 0.15) is 0 Å². The number of carbonyl (C=O) groups is 1. The number of fused-ring (bicyclic) bond motifs is 2. The Balaban J connectivity index is 1.66. The van der Waals surface area contributed by atoms with E-state index in [0.717, 1.165) is 28.0 Å². The van der Waals surface area contributed by atoms with Crippen molar-refractivity contribution in [3.05, 3.63) is 48.0 Å². The number of imidazole rings is 1. The number of carbonyl (C=O) groups excluding carboxylic acids is 1. The normalized spacial score (nSPS) is 13.3. The van der Waals surface area contributed by atoms with Crippen LogP contribution in [0.3, 0.4) is 0 Å². The average molecular weight is 264 g/mol. The molecular formula is C15H12N4O. The highest BCUT2D eigenvalue weighted by molar-refractivity contribution is 5.99. The first-order valence-electron chi connectivity index (χ1n) is 6.42. The summed E-state index contributed by atoms with van der Waals surface area (Å²) in [6.07, 6.45) is 0.435. The Morgan fingerprint density at radius 1 is 1.15 bits per heavy atom. The van der Waals surface area contributed by atoms with Gasteiger partial charge in [-0.3, -0.25) is 4.79 Å². The van der Waals surface area contributed by atoms with Gasteiger partial charge in [-0.05, 0) is 35.9 Å².